The summed E-state index contributed by atoms with van der Waals surface area (Å²) in [6.45, 7) is 1.83. The van der Waals surface area contributed by atoms with Crippen LogP contribution in [-0.2, 0) is 17.4 Å². The number of carbonyl (C=O) groups is 1. The number of rotatable bonds is 3. The zero-order chi connectivity index (χ0) is 23.9. The van der Waals surface area contributed by atoms with Crippen molar-refractivity contribution in [3.63, 3.8) is 0 Å². The van der Waals surface area contributed by atoms with E-state index < -0.39 is 23.5 Å². The summed E-state index contributed by atoms with van der Waals surface area (Å²) in [5.41, 5.74) is 2.03. The van der Waals surface area contributed by atoms with Gasteiger partial charge in [0.2, 0.25) is 5.91 Å². The number of nitrogens with zero attached hydrogens (tertiary/aromatic N) is 2. The van der Waals surface area contributed by atoms with Gasteiger partial charge in [0.05, 0.1) is 17.5 Å². The Morgan fingerprint density at radius 1 is 0.941 bits per heavy atom. The van der Waals surface area contributed by atoms with Crippen LogP contribution in [0, 0.1) is 11.7 Å². The number of anilines is 3. The van der Waals surface area contributed by atoms with Gasteiger partial charge in [-0.05, 0) is 66.6 Å². The summed E-state index contributed by atoms with van der Waals surface area (Å²) in [6.07, 6.45) is -4.26. The van der Waals surface area contributed by atoms with Crippen LogP contribution in [0.5, 0.6) is 0 Å². The highest BCUT2D eigenvalue weighted by molar-refractivity contribution is 5.94. The normalized spacial score (nSPS) is 19.9. The molecule has 2 atom stereocenters. The summed E-state index contributed by atoms with van der Waals surface area (Å²) >= 11 is 0. The molecule has 8 heteroatoms. The van der Waals surface area contributed by atoms with E-state index in [0.717, 1.165) is 23.5 Å². The Bertz CT molecular complexity index is 1180. The fourth-order valence-corrected chi connectivity index (χ4v) is 4.94. The fourth-order valence-electron chi connectivity index (χ4n) is 4.94. The first-order chi connectivity index (χ1) is 16.3. The van der Waals surface area contributed by atoms with Crippen LogP contribution in [-0.4, -0.2) is 31.6 Å². The van der Waals surface area contributed by atoms with Gasteiger partial charge in [-0.1, -0.05) is 18.2 Å². The number of benzene rings is 3. The van der Waals surface area contributed by atoms with Gasteiger partial charge in [0.15, 0.2) is 0 Å². The summed E-state index contributed by atoms with van der Waals surface area (Å²) in [4.78, 5) is 17.6. The largest absolute Gasteiger partial charge is 0.416 e. The molecular weight excluding hydrogens is 446 g/mol. The van der Waals surface area contributed by atoms with Crippen LogP contribution >= 0.6 is 0 Å². The number of alkyl halides is 3. The minimum absolute atomic E-state index is 0.191. The minimum Gasteiger partial charge on any atom is -0.368 e. The van der Waals surface area contributed by atoms with Gasteiger partial charge < -0.3 is 15.1 Å². The molecule has 1 amide bonds. The first-order valence-corrected chi connectivity index (χ1v) is 11.1. The van der Waals surface area contributed by atoms with Crippen LogP contribution in [0.15, 0.2) is 72.8 Å². The Morgan fingerprint density at radius 3 is 2.38 bits per heavy atom. The van der Waals surface area contributed by atoms with Gasteiger partial charge in [-0.2, -0.15) is 13.2 Å². The molecular formula is C26H23F4N3O. The lowest BCUT2D eigenvalue weighted by Gasteiger charge is -2.49. The molecule has 1 fully saturated rings. The van der Waals surface area contributed by atoms with Gasteiger partial charge in [0.25, 0.3) is 0 Å². The molecule has 34 heavy (non-hydrogen) atoms. The Morgan fingerprint density at radius 2 is 1.68 bits per heavy atom. The van der Waals surface area contributed by atoms with Gasteiger partial charge in [-0.15, -0.1) is 0 Å². The minimum atomic E-state index is -4.45. The molecule has 0 bridgehead atoms. The third-order valence-electron chi connectivity index (χ3n) is 6.61. The number of hydrogen-bond acceptors (Lipinski definition) is 3. The molecule has 3 aromatic rings. The van der Waals surface area contributed by atoms with E-state index in [4.69, 9.17) is 0 Å². The zero-order valence-electron chi connectivity index (χ0n) is 18.2. The molecule has 0 spiro atoms. The highest BCUT2D eigenvalue weighted by atomic mass is 19.4. The highest BCUT2D eigenvalue weighted by Crippen LogP contribution is 2.40. The molecule has 4 nitrogen and oxygen atoms in total. The van der Waals surface area contributed by atoms with Crippen molar-refractivity contribution in [2.75, 3.05) is 34.8 Å². The molecule has 0 aliphatic carbocycles. The number of piperazine rings is 1. The van der Waals surface area contributed by atoms with Gasteiger partial charge in [0.1, 0.15) is 5.82 Å². The van der Waals surface area contributed by atoms with Crippen molar-refractivity contribution in [3.8, 4) is 0 Å². The van der Waals surface area contributed by atoms with E-state index in [1.807, 2.05) is 30.3 Å². The first kappa shape index (κ1) is 22.3. The van der Waals surface area contributed by atoms with Crippen molar-refractivity contribution < 1.29 is 22.4 Å². The summed E-state index contributed by atoms with van der Waals surface area (Å²) < 4.78 is 53.4. The van der Waals surface area contributed by atoms with E-state index in [9.17, 15) is 22.4 Å². The van der Waals surface area contributed by atoms with Crippen LogP contribution in [0.25, 0.3) is 0 Å². The Balaban J connectivity index is 1.48. The molecule has 2 heterocycles. The molecule has 0 unspecified atom stereocenters. The molecule has 0 radical (unpaired) electrons. The van der Waals surface area contributed by atoms with E-state index >= 15 is 0 Å². The molecule has 5 rings (SSSR count). The maximum Gasteiger partial charge on any atom is 0.416 e. The maximum absolute atomic E-state index is 13.4. The summed E-state index contributed by atoms with van der Waals surface area (Å²) in [5.74, 6) is -1.28. The topological polar surface area (TPSA) is 35.6 Å². The molecule has 0 saturated carbocycles. The summed E-state index contributed by atoms with van der Waals surface area (Å²) in [5, 5.41) is 2.83. The Labute approximate surface area is 194 Å². The number of fused-ring (bicyclic) bond motifs is 3. The third-order valence-corrected chi connectivity index (χ3v) is 6.61. The molecule has 0 aromatic heterocycles. The monoisotopic (exact) mass is 469 g/mol. The van der Waals surface area contributed by atoms with Gasteiger partial charge in [-0.3, -0.25) is 4.79 Å². The number of para-hydroxylation sites is 1. The predicted molar refractivity (Wildman–Crippen MR) is 123 cm³/mol. The molecule has 176 valence electrons. The van der Waals surface area contributed by atoms with Crippen LogP contribution in [0.3, 0.4) is 0 Å². The number of halogens is 4. The number of carbonyl (C=O) groups excluding carboxylic acids is 1. The van der Waals surface area contributed by atoms with Crippen molar-refractivity contribution in [1.29, 1.82) is 0 Å². The lowest BCUT2D eigenvalue weighted by atomic mass is 9.82. The predicted octanol–water partition coefficient (Wildman–Crippen LogP) is 5.35. The fraction of sp³-hybridized carbons (Fsp3) is 0.269. The quantitative estimate of drug-likeness (QED) is 0.526. The second-order valence-corrected chi connectivity index (χ2v) is 8.69. The van der Waals surface area contributed by atoms with E-state index in [1.54, 1.807) is 0 Å². The van der Waals surface area contributed by atoms with Gasteiger partial charge in [0, 0.05) is 36.7 Å². The average Bonchev–Trinajstić information content (AvgIpc) is 2.84. The summed E-state index contributed by atoms with van der Waals surface area (Å²) in [7, 11) is 0. The molecule has 2 aliphatic heterocycles. The van der Waals surface area contributed by atoms with Crippen LogP contribution < -0.4 is 15.1 Å². The Hall–Kier alpha value is -3.55. The van der Waals surface area contributed by atoms with Crippen molar-refractivity contribution in [2.45, 2.75) is 18.6 Å². The zero-order valence-corrected chi connectivity index (χ0v) is 18.2. The van der Waals surface area contributed by atoms with Crippen molar-refractivity contribution in [1.82, 2.24) is 0 Å². The lowest BCUT2D eigenvalue weighted by molar-refractivity contribution is -0.137. The average molecular weight is 469 g/mol. The number of amides is 1. The van der Waals surface area contributed by atoms with Crippen LogP contribution in [0.2, 0.25) is 0 Å². The standard InChI is InChI=1S/C26H23F4N3O/c27-19-7-9-20(10-8-19)31-25(34)22-15-17-14-18(26(28,29)30)6-11-23(17)33-13-12-32(16-24(22)33)21-4-2-1-3-5-21/h1-11,14,22,24H,12-13,15-16H2,(H,31,34)/t22-,24+/m1/s1. The van der Waals surface area contributed by atoms with E-state index in [1.165, 1.54) is 30.3 Å². The number of hydrogen-bond donors (Lipinski definition) is 1. The van der Waals surface area contributed by atoms with E-state index in [-0.39, 0.29) is 18.4 Å². The lowest BCUT2D eigenvalue weighted by Crippen LogP contribution is -2.60. The molecule has 1 saturated heterocycles. The molecule has 1 N–H and O–H groups in total. The third kappa shape index (κ3) is 4.32. The van der Waals surface area contributed by atoms with Crippen LogP contribution in [0.1, 0.15) is 11.1 Å². The second-order valence-electron chi connectivity index (χ2n) is 8.69. The van der Waals surface area contributed by atoms with Crippen molar-refractivity contribution in [3.05, 3.63) is 89.7 Å². The molecule has 3 aromatic carbocycles. The highest BCUT2D eigenvalue weighted by Gasteiger charge is 2.42. The first-order valence-electron chi connectivity index (χ1n) is 11.1. The van der Waals surface area contributed by atoms with E-state index in [0.29, 0.717) is 30.9 Å². The van der Waals surface area contributed by atoms with Gasteiger partial charge >= 0.3 is 6.18 Å². The van der Waals surface area contributed by atoms with Crippen molar-refractivity contribution >= 4 is 23.0 Å². The summed E-state index contributed by atoms with van der Waals surface area (Å²) in [6, 6.07) is 18.9. The maximum atomic E-state index is 13.4. The Kier molecular flexibility index (Phi) is 5.67. The second kappa shape index (κ2) is 8.66. The number of nitrogens with one attached hydrogen (secondary N) is 1. The van der Waals surface area contributed by atoms with Crippen molar-refractivity contribution in [2.24, 2.45) is 5.92 Å². The van der Waals surface area contributed by atoms with Crippen LogP contribution in [0.4, 0.5) is 34.6 Å². The smallest absolute Gasteiger partial charge is 0.368 e. The molecule has 2 aliphatic rings. The van der Waals surface area contributed by atoms with Gasteiger partial charge in [-0.25, -0.2) is 4.39 Å². The van der Waals surface area contributed by atoms with E-state index in [2.05, 4.69) is 15.1 Å². The SMILES string of the molecule is O=C(Nc1ccc(F)cc1)[C@@H]1Cc2cc(C(F)(F)F)ccc2N2CCN(c3ccccc3)C[C@@H]12.